The molecule has 4 N–H and O–H groups in total. The van der Waals surface area contributed by atoms with Gasteiger partial charge in [0.15, 0.2) is 0 Å². The fraction of sp³-hybridized carbons (Fsp3) is 0.550. The van der Waals surface area contributed by atoms with E-state index in [-0.39, 0.29) is 12.8 Å². The summed E-state index contributed by atoms with van der Waals surface area (Å²) in [5.74, 6) is -1.09. The van der Waals surface area contributed by atoms with Gasteiger partial charge in [-0.15, -0.1) is 0 Å². The molecule has 0 aliphatic carbocycles. The Morgan fingerprint density at radius 1 is 0.920 bits per heavy atom. The summed E-state index contributed by atoms with van der Waals surface area (Å²) in [6.07, 6.45) is 16.4. The summed E-state index contributed by atoms with van der Waals surface area (Å²) in [5.41, 5.74) is 0. The highest BCUT2D eigenvalue weighted by Gasteiger charge is 2.12. The molecule has 0 amide bonds. The molecule has 0 heterocycles. The van der Waals surface area contributed by atoms with E-state index in [9.17, 15) is 20.1 Å². The van der Waals surface area contributed by atoms with Crippen LogP contribution in [0.4, 0.5) is 0 Å². The minimum atomic E-state index is -1.09. The van der Waals surface area contributed by atoms with E-state index in [1.165, 1.54) is 25.3 Å². The predicted octanol–water partition coefficient (Wildman–Crippen LogP) is 3.13. The topological polar surface area (TPSA) is 98.0 Å². The number of carboxylic acids is 1. The summed E-state index contributed by atoms with van der Waals surface area (Å²) in [6.45, 7) is 2.17. The summed E-state index contributed by atoms with van der Waals surface area (Å²) < 4.78 is 0. The van der Waals surface area contributed by atoms with Gasteiger partial charge >= 0.3 is 5.97 Å². The molecule has 0 aliphatic heterocycles. The van der Waals surface area contributed by atoms with Gasteiger partial charge in [-0.25, -0.2) is 0 Å². The van der Waals surface area contributed by atoms with Crippen molar-refractivity contribution in [2.75, 3.05) is 0 Å². The highest BCUT2D eigenvalue weighted by Crippen LogP contribution is 2.04. The Morgan fingerprint density at radius 3 is 2.16 bits per heavy atom. The molecule has 0 rings (SSSR count). The zero-order valence-electron chi connectivity index (χ0n) is 15.0. The van der Waals surface area contributed by atoms with E-state index < -0.39 is 24.3 Å². The molecule has 0 aliphatic rings. The number of rotatable bonds is 14. The average Bonchev–Trinajstić information content (AvgIpc) is 2.53. The Kier molecular flexibility index (Phi) is 14.7. The SMILES string of the molecule is CCCCC/C=C\C[C@H](O)/C=C/C=C/C=C\[C@H](O)C[C@H](O)CC(=O)O. The van der Waals surface area contributed by atoms with Gasteiger partial charge in [0.05, 0.1) is 24.7 Å². The number of aliphatic hydroxyl groups is 3. The average molecular weight is 352 g/mol. The Hall–Kier alpha value is -1.69. The monoisotopic (exact) mass is 352 g/mol. The molecule has 0 aromatic heterocycles. The summed E-state index contributed by atoms with van der Waals surface area (Å²) in [6, 6.07) is 0. The van der Waals surface area contributed by atoms with Crippen molar-refractivity contribution in [3.05, 3.63) is 48.6 Å². The van der Waals surface area contributed by atoms with Crippen LogP contribution in [0, 0.1) is 0 Å². The van der Waals surface area contributed by atoms with Crippen LogP contribution in [0.5, 0.6) is 0 Å². The van der Waals surface area contributed by atoms with Crippen LogP contribution in [0.25, 0.3) is 0 Å². The number of hydrogen-bond acceptors (Lipinski definition) is 4. The number of carbonyl (C=O) groups is 1. The molecule has 0 saturated heterocycles. The molecule has 0 fully saturated rings. The first-order chi connectivity index (χ1) is 12.0. The van der Waals surface area contributed by atoms with Crippen LogP contribution in [0.2, 0.25) is 0 Å². The van der Waals surface area contributed by atoms with E-state index in [1.54, 1.807) is 30.4 Å². The van der Waals surface area contributed by atoms with Gasteiger partial charge in [-0.1, -0.05) is 68.4 Å². The van der Waals surface area contributed by atoms with E-state index in [0.29, 0.717) is 6.42 Å². The summed E-state index contributed by atoms with van der Waals surface area (Å²) in [7, 11) is 0. The molecule has 0 bridgehead atoms. The molecule has 25 heavy (non-hydrogen) atoms. The maximum atomic E-state index is 10.4. The van der Waals surface area contributed by atoms with Crippen molar-refractivity contribution < 1.29 is 25.2 Å². The molecule has 142 valence electrons. The fourth-order valence-corrected chi connectivity index (χ4v) is 2.10. The molecule has 0 aromatic carbocycles. The zero-order valence-corrected chi connectivity index (χ0v) is 15.0. The van der Waals surface area contributed by atoms with Gasteiger partial charge in [0.25, 0.3) is 0 Å². The van der Waals surface area contributed by atoms with Gasteiger partial charge in [-0.2, -0.15) is 0 Å². The quantitative estimate of drug-likeness (QED) is 0.219. The summed E-state index contributed by atoms with van der Waals surface area (Å²) in [4.78, 5) is 10.4. The second kappa shape index (κ2) is 15.8. The van der Waals surface area contributed by atoms with Crippen molar-refractivity contribution in [1.82, 2.24) is 0 Å². The Bertz CT molecular complexity index is 451. The van der Waals surface area contributed by atoms with Crippen LogP contribution in [0.3, 0.4) is 0 Å². The molecular weight excluding hydrogens is 320 g/mol. The predicted molar refractivity (Wildman–Crippen MR) is 100 cm³/mol. The van der Waals surface area contributed by atoms with Gasteiger partial charge in [0.1, 0.15) is 0 Å². The minimum absolute atomic E-state index is 0.0181. The number of aliphatic carboxylic acids is 1. The number of allylic oxidation sites excluding steroid dienone is 5. The first-order valence-electron chi connectivity index (χ1n) is 8.88. The first kappa shape index (κ1) is 23.3. The second-order valence-corrected chi connectivity index (χ2v) is 5.98. The number of carboxylic acid groups (broad SMARTS) is 1. The minimum Gasteiger partial charge on any atom is -0.481 e. The van der Waals surface area contributed by atoms with Gasteiger partial charge in [-0.3, -0.25) is 4.79 Å². The lowest BCUT2D eigenvalue weighted by molar-refractivity contribution is -0.139. The van der Waals surface area contributed by atoms with Crippen molar-refractivity contribution in [3.63, 3.8) is 0 Å². The second-order valence-electron chi connectivity index (χ2n) is 5.98. The number of hydrogen-bond donors (Lipinski definition) is 4. The lowest BCUT2D eigenvalue weighted by Gasteiger charge is -2.10. The largest absolute Gasteiger partial charge is 0.481 e. The van der Waals surface area contributed by atoms with Gasteiger partial charge in [0.2, 0.25) is 0 Å². The lowest BCUT2D eigenvalue weighted by atomic mass is 10.1. The van der Waals surface area contributed by atoms with Crippen molar-refractivity contribution in [2.24, 2.45) is 0 Å². The van der Waals surface area contributed by atoms with Crippen LogP contribution in [0.1, 0.15) is 51.9 Å². The zero-order chi connectivity index (χ0) is 18.9. The Balaban J connectivity index is 3.93. The molecule has 0 spiro atoms. The van der Waals surface area contributed by atoms with Crippen molar-refractivity contribution >= 4 is 5.97 Å². The normalized spacial score (nSPS) is 16.3. The third kappa shape index (κ3) is 16.9. The van der Waals surface area contributed by atoms with Crippen LogP contribution in [-0.4, -0.2) is 44.7 Å². The van der Waals surface area contributed by atoms with Gasteiger partial charge < -0.3 is 20.4 Å². The summed E-state index contributed by atoms with van der Waals surface area (Å²) in [5, 5.41) is 37.3. The Labute approximate surface area is 150 Å². The van der Waals surface area contributed by atoms with Crippen molar-refractivity contribution in [2.45, 2.75) is 70.2 Å². The van der Waals surface area contributed by atoms with E-state index in [0.717, 1.165) is 6.42 Å². The summed E-state index contributed by atoms with van der Waals surface area (Å²) >= 11 is 0. The number of unbranched alkanes of at least 4 members (excludes halogenated alkanes) is 3. The molecular formula is C20H32O5. The third-order valence-corrected chi connectivity index (χ3v) is 3.44. The van der Waals surface area contributed by atoms with Crippen molar-refractivity contribution in [1.29, 1.82) is 0 Å². The fourth-order valence-electron chi connectivity index (χ4n) is 2.10. The molecule has 0 radical (unpaired) electrons. The van der Waals surface area contributed by atoms with Gasteiger partial charge in [-0.05, 0) is 19.3 Å². The van der Waals surface area contributed by atoms with E-state index >= 15 is 0 Å². The standard InChI is InChI=1S/C20H32O5/c1-2-3-4-5-6-9-12-17(21)13-10-7-8-11-14-18(22)15-19(23)16-20(24)25/h6-11,13-14,17-19,21-23H,2-5,12,15-16H2,1H3,(H,24,25)/b8-7+,9-6-,13-10+,14-11-/t17-,18-,19-/m0/s1. The molecule has 0 aromatic rings. The maximum absolute atomic E-state index is 10.4. The highest BCUT2D eigenvalue weighted by molar-refractivity contribution is 5.67. The van der Waals surface area contributed by atoms with Crippen LogP contribution >= 0.6 is 0 Å². The van der Waals surface area contributed by atoms with Crippen LogP contribution in [-0.2, 0) is 4.79 Å². The third-order valence-electron chi connectivity index (χ3n) is 3.44. The van der Waals surface area contributed by atoms with E-state index in [1.807, 2.05) is 6.08 Å². The van der Waals surface area contributed by atoms with E-state index in [4.69, 9.17) is 5.11 Å². The first-order valence-corrected chi connectivity index (χ1v) is 8.88. The molecule has 3 atom stereocenters. The number of aliphatic hydroxyl groups excluding tert-OH is 3. The van der Waals surface area contributed by atoms with E-state index in [2.05, 4.69) is 13.0 Å². The molecule has 5 heteroatoms. The van der Waals surface area contributed by atoms with Crippen molar-refractivity contribution in [3.8, 4) is 0 Å². The molecule has 5 nitrogen and oxygen atoms in total. The smallest absolute Gasteiger partial charge is 0.305 e. The van der Waals surface area contributed by atoms with Crippen LogP contribution < -0.4 is 0 Å². The molecule has 0 saturated carbocycles. The molecule has 0 unspecified atom stereocenters. The van der Waals surface area contributed by atoms with Crippen LogP contribution in [0.15, 0.2) is 48.6 Å². The Morgan fingerprint density at radius 2 is 1.56 bits per heavy atom. The van der Waals surface area contributed by atoms with Gasteiger partial charge in [0, 0.05) is 6.42 Å². The lowest BCUT2D eigenvalue weighted by Crippen LogP contribution is -2.19. The highest BCUT2D eigenvalue weighted by atomic mass is 16.4. The maximum Gasteiger partial charge on any atom is 0.305 e.